The van der Waals surface area contributed by atoms with Crippen LogP contribution in [-0.2, 0) is 4.79 Å². The van der Waals surface area contributed by atoms with Crippen LogP contribution in [0.25, 0.3) is 0 Å². The van der Waals surface area contributed by atoms with E-state index >= 15 is 0 Å². The van der Waals surface area contributed by atoms with E-state index in [0.717, 1.165) is 16.9 Å². The molecule has 0 saturated carbocycles. The summed E-state index contributed by atoms with van der Waals surface area (Å²) in [4.78, 5) is 29.6. The van der Waals surface area contributed by atoms with Crippen LogP contribution in [-0.4, -0.2) is 29.8 Å². The van der Waals surface area contributed by atoms with E-state index in [0.29, 0.717) is 30.5 Å². The van der Waals surface area contributed by atoms with Crippen LogP contribution in [0.3, 0.4) is 0 Å². The molecule has 2 atom stereocenters. The van der Waals surface area contributed by atoms with Crippen molar-refractivity contribution in [1.29, 1.82) is 0 Å². The van der Waals surface area contributed by atoms with Gasteiger partial charge in [-0.1, -0.05) is 52.0 Å². The van der Waals surface area contributed by atoms with Gasteiger partial charge < -0.3 is 10.2 Å². The van der Waals surface area contributed by atoms with Crippen LogP contribution in [0.15, 0.2) is 41.8 Å². The van der Waals surface area contributed by atoms with Gasteiger partial charge in [0.15, 0.2) is 0 Å². The fourth-order valence-electron chi connectivity index (χ4n) is 3.84. The summed E-state index contributed by atoms with van der Waals surface area (Å²) in [5.41, 5.74) is 1.49. The Morgan fingerprint density at radius 3 is 2.50 bits per heavy atom. The number of fused-ring (bicyclic) bond motifs is 1. The normalized spacial score (nSPS) is 19.2. The zero-order valence-corrected chi connectivity index (χ0v) is 18.0. The molecule has 2 heterocycles. The predicted molar refractivity (Wildman–Crippen MR) is 115 cm³/mol. The van der Waals surface area contributed by atoms with Crippen LogP contribution in [0.2, 0.25) is 0 Å². The highest BCUT2D eigenvalue weighted by Gasteiger charge is 2.44. The van der Waals surface area contributed by atoms with Gasteiger partial charge in [-0.3, -0.25) is 9.59 Å². The molecule has 2 unspecified atom stereocenters. The van der Waals surface area contributed by atoms with Crippen molar-refractivity contribution in [2.24, 2.45) is 11.8 Å². The topological polar surface area (TPSA) is 49.4 Å². The van der Waals surface area contributed by atoms with Crippen molar-refractivity contribution in [3.63, 3.8) is 0 Å². The third-order valence-electron chi connectivity index (χ3n) is 5.14. The average molecular weight is 399 g/mol. The average Bonchev–Trinajstić information content (AvgIpc) is 3.17. The number of benzene rings is 1. The van der Waals surface area contributed by atoms with Gasteiger partial charge in [-0.05, 0) is 41.3 Å². The molecule has 3 rings (SSSR count). The Kier molecular flexibility index (Phi) is 6.55. The van der Waals surface area contributed by atoms with E-state index in [2.05, 4.69) is 33.0 Å². The minimum atomic E-state index is -0.390. The molecule has 1 aliphatic rings. The quantitative estimate of drug-likeness (QED) is 0.725. The first-order valence-electron chi connectivity index (χ1n) is 10.1. The van der Waals surface area contributed by atoms with Crippen molar-refractivity contribution in [2.45, 2.75) is 46.1 Å². The van der Waals surface area contributed by atoms with Crippen LogP contribution in [0.1, 0.15) is 66.9 Å². The Morgan fingerprint density at radius 1 is 1.11 bits per heavy atom. The largest absolute Gasteiger partial charge is 0.355 e. The molecule has 0 radical (unpaired) electrons. The molecule has 0 spiro atoms. The van der Waals surface area contributed by atoms with Gasteiger partial charge >= 0.3 is 0 Å². The fraction of sp³-hybridized carbons (Fsp3) is 0.478. The number of nitrogens with one attached hydrogen (secondary N) is 1. The van der Waals surface area contributed by atoms with Crippen LogP contribution >= 0.6 is 11.3 Å². The van der Waals surface area contributed by atoms with E-state index in [1.165, 1.54) is 0 Å². The Morgan fingerprint density at radius 2 is 1.86 bits per heavy atom. The summed E-state index contributed by atoms with van der Waals surface area (Å²) in [6.07, 6.45) is 0.943. The van der Waals surface area contributed by atoms with Gasteiger partial charge in [-0.15, -0.1) is 11.3 Å². The maximum absolute atomic E-state index is 13.3. The lowest BCUT2D eigenvalue weighted by molar-refractivity contribution is -0.124. The van der Waals surface area contributed by atoms with Gasteiger partial charge in [-0.2, -0.15) is 0 Å². The maximum Gasteiger partial charge on any atom is 0.254 e. The Labute approximate surface area is 172 Å². The summed E-state index contributed by atoms with van der Waals surface area (Å²) in [7, 11) is 0. The second kappa shape index (κ2) is 8.91. The summed E-state index contributed by atoms with van der Waals surface area (Å²) in [5.74, 6) is 0.493. The van der Waals surface area contributed by atoms with Crippen LogP contribution in [0, 0.1) is 11.8 Å². The summed E-state index contributed by atoms with van der Waals surface area (Å²) >= 11 is 1.61. The fourth-order valence-corrected chi connectivity index (χ4v) is 4.71. The molecule has 1 aromatic heterocycles. The van der Waals surface area contributed by atoms with Crippen molar-refractivity contribution >= 4 is 23.2 Å². The number of amides is 2. The van der Waals surface area contributed by atoms with Crippen molar-refractivity contribution in [1.82, 2.24) is 10.2 Å². The molecule has 1 aromatic carbocycles. The summed E-state index contributed by atoms with van der Waals surface area (Å²) in [5, 5.41) is 5.15. The van der Waals surface area contributed by atoms with Crippen molar-refractivity contribution < 1.29 is 9.59 Å². The first-order valence-corrected chi connectivity index (χ1v) is 11.0. The number of carbonyl (C=O) groups is 2. The highest BCUT2D eigenvalue weighted by molar-refractivity contribution is 7.10. The molecule has 0 saturated heterocycles. The Bertz CT molecular complexity index is 814. The minimum absolute atomic E-state index is 0.00718. The zero-order valence-electron chi connectivity index (χ0n) is 17.1. The minimum Gasteiger partial charge on any atom is -0.355 e. The SMILES string of the molecule is CC(C)CCNC(=O)C1c2ccccc2C(=O)N(CC(C)C)C1c1cccs1. The molecular weight excluding hydrogens is 368 g/mol. The summed E-state index contributed by atoms with van der Waals surface area (Å²) in [6.45, 7) is 9.81. The molecule has 4 nitrogen and oxygen atoms in total. The number of thiophene rings is 1. The van der Waals surface area contributed by atoms with Gasteiger partial charge in [0.1, 0.15) is 0 Å². The second-order valence-electron chi connectivity index (χ2n) is 8.35. The van der Waals surface area contributed by atoms with E-state index in [1.54, 1.807) is 11.3 Å². The van der Waals surface area contributed by atoms with Crippen molar-refractivity contribution in [3.05, 3.63) is 57.8 Å². The first kappa shape index (κ1) is 20.6. The van der Waals surface area contributed by atoms with Crippen LogP contribution in [0.4, 0.5) is 0 Å². The standard InChI is InChI=1S/C23H30N2O2S/c1-15(2)11-12-24-22(26)20-17-8-5-6-9-18(17)23(27)25(14-16(3)4)21(20)19-10-7-13-28-19/h5-10,13,15-16,20-21H,11-12,14H2,1-4H3,(H,24,26). The molecule has 28 heavy (non-hydrogen) atoms. The lowest BCUT2D eigenvalue weighted by Gasteiger charge is -2.42. The summed E-state index contributed by atoms with van der Waals surface area (Å²) < 4.78 is 0. The molecule has 1 N–H and O–H groups in total. The predicted octanol–water partition coefficient (Wildman–Crippen LogP) is 4.85. The molecule has 5 heteroatoms. The molecule has 150 valence electrons. The van der Waals surface area contributed by atoms with E-state index in [1.807, 2.05) is 46.7 Å². The van der Waals surface area contributed by atoms with Gasteiger partial charge in [-0.25, -0.2) is 0 Å². The van der Waals surface area contributed by atoms with Gasteiger partial charge in [0, 0.05) is 23.5 Å². The molecule has 0 fully saturated rings. The highest BCUT2D eigenvalue weighted by atomic mass is 32.1. The van der Waals surface area contributed by atoms with Crippen LogP contribution < -0.4 is 5.32 Å². The smallest absolute Gasteiger partial charge is 0.254 e. The van der Waals surface area contributed by atoms with E-state index < -0.39 is 5.92 Å². The number of hydrogen-bond donors (Lipinski definition) is 1. The second-order valence-corrected chi connectivity index (χ2v) is 9.33. The van der Waals surface area contributed by atoms with Crippen molar-refractivity contribution in [3.8, 4) is 0 Å². The van der Waals surface area contributed by atoms with E-state index in [-0.39, 0.29) is 17.9 Å². The number of carbonyl (C=O) groups excluding carboxylic acids is 2. The van der Waals surface area contributed by atoms with Crippen LogP contribution in [0.5, 0.6) is 0 Å². The van der Waals surface area contributed by atoms with E-state index in [9.17, 15) is 9.59 Å². The third kappa shape index (κ3) is 4.30. The highest BCUT2D eigenvalue weighted by Crippen LogP contribution is 2.44. The number of rotatable bonds is 7. The molecule has 2 amide bonds. The molecular formula is C23H30N2O2S. The zero-order chi connectivity index (χ0) is 20.3. The Hall–Kier alpha value is -2.14. The first-order chi connectivity index (χ1) is 13.4. The number of hydrogen-bond acceptors (Lipinski definition) is 3. The van der Waals surface area contributed by atoms with Gasteiger partial charge in [0.2, 0.25) is 5.91 Å². The summed E-state index contributed by atoms with van der Waals surface area (Å²) in [6, 6.07) is 11.4. The lowest BCUT2D eigenvalue weighted by atomic mass is 9.81. The molecule has 0 aliphatic carbocycles. The van der Waals surface area contributed by atoms with Crippen molar-refractivity contribution in [2.75, 3.05) is 13.1 Å². The molecule has 0 bridgehead atoms. The Balaban J connectivity index is 2.04. The lowest BCUT2D eigenvalue weighted by Crippen LogP contribution is -2.48. The van der Waals surface area contributed by atoms with Gasteiger partial charge in [0.05, 0.1) is 12.0 Å². The molecule has 1 aliphatic heterocycles. The third-order valence-corrected chi connectivity index (χ3v) is 6.08. The monoisotopic (exact) mass is 398 g/mol. The van der Waals surface area contributed by atoms with E-state index in [4.69, 9.17) is 0 Å². The number of nitrogens with zero attached hydrogens (tertiary/aromatic N) is 1. The molecule has 2 aromatic rings. The van der Waals surface area contributed by atoms with Gasteiger partial charge in [0.25, 0.3) is 5.91 Å². The maximum atomic E-state index is 13.3.